The normalized spacial score (nSPS) is 10.6. The van der Waals surface area contributed by atoms with Gasteiger partial charge in [-0.3, -0.25) is 0 Å². The Morgan fingerprint density at radius 1 is 1.31 bits per heavy atom. The van der Waals surface area contributed by atoms with E-state index in [9.17, 15) is 4.39 Å². The molecule has 84 valence electrons. The van der Waals surface area contributed by atoms with E-state index in [4.69, 9.17) is 5.11 Å². The molecule has 2 rings (SSSR count). The topological polar surface area (TPSA) is 38.1 Å². The van der Waals surface area contributed by atoms with Gasteiger partial charge in [0.15, 0.2) is 0 Å². The van der Waals surface area contributed by atoms with Crippen molar-refractivity contribution >= 4 is 0 Å². The number of rotatable bonds is 4. The summed E-state index contributed by atoms with van der Waals surface area (Å²) in [6.45, 7) is 0.577. The summed E-state index contributed by atoms with van der Waals surface area (Å²) >= 11 is 0. The summed E-state index contributed by atoms with van der Waals surface area (Å²) in [5.74, 6) is -0.187. The SMILES string of the molecule is OCc1cncn1CCc1ccccc1F. The van der Waals surface area contributed by atoms with E-state index in [1.54, 1.807) is 24.7 Å². The lowest BCUT2D eigenvalue weighted by Gasteiger charge is -2.06. The smallest absolute Gasteiger partial charge is 0.126 e. The van der Waals surface area contributed by atoms with Crippen molar-refractivity contribution in [2.24, 2.45) is 0 Å². The van der Waals surface area contributed by atoms with Crippen LogP contribution in [-0.2, 0) is 19.6 Å². The highest BCUT2D eigenvalue weighted by molar-refractivity contribution is 5.17. The van der Waals surface area contributed by atoms with Crippen LogP contribution in [0.4, 0.5) is 4.39 Å². The largest absolute Gasteiger partial charge is 0.390 e. The summed E-state index contributed by atoms with van der Waals surface area (Å²) in [5, 5.41) is 9.02. The molecule has 1 heterocycles. The van der Waals surface area contributed by atoms with Gasteiger partial charge in [-0.15, -0.1) is 0 Å². The number of benzene rings is 1. The highest BCUT2D eigenvalue weighted by atomic mass is 19.1. The van der Waals surface area contributed by atoms with Crippen molar-refractivity contribution < 1.29 is 9.50 Å². The Labute approximate surface area is 93.2 Å². The third-order valence-electron chi connectivity index (χ3n) is 2.54. The Hall–Kier alpha value is -1.68. The van der Waals surface area contributed by atoms with E-state index in [0.29, 0.717) is 18.5 Å². The molecule has 0 fully saturated rings. The molecule has 2 aromatic rings. The maximum Gasteiger partial charge on any atom is 0.126 e. The van der Waals surface area contributed by atoms with Gasteiger partial charge in [-0.25, -0.2) is 9.37 Å². The van der Waals surface area contributed by atoms with Crippen LogP contribution >= 0.6 is 0 Å². The quantitative estimate of drug-likeness (QED) is 0.852. The van der Waals surface area contributed by atoms with Crippen LogP contribution in [0.2, 0.25) is 0 Å². The highest BCUT2D eigenvalue weighted by Gasteiger charge is 2.03. The molecule has 0 atom stereocenters. The summed E-state index contributed by atoms with van der Waals surface area (Å²) in [7, 11) is 0. The van der Waals surface area contributed by atoms with Crippen LogP contribution in [0.15, 0.2) is 36.8 Å². The van der Waals surface area contributed by atoms with E-state index in [1.807, 2.05) is 10.6 Å². The molecular weight excluding hydrogens is 207 g/mol. The highest BCUT2D eigenvalue weighted by Crippen LogP contribution is 2.09. The van der Waals surface area contributed by atoms with Crippen molar-refractivity contribution in [2.45, 2.75) is 19.6 Å². The van der Waals surface area contributed by atoms with Crippen LogP contribution < -0.4 is 0 Å². The van der Waals surface area contributed by atoms with Gasteiger partial charge in [-0.2, -0.15) is 0 Å². The van der Waals surface area contributed by atoms with Gasteiger partial charge in [-0.05, 0) is 18.1 Å². The first kappa shape index (κ1) is 10.8. The van der Waals surface area contributed by atoms with E-state index in [2.05, 4.69) is 4.98 Å². The molecule has 0 spiro atoms. The lowest BCUT2D eigenvalue weighted by molar-refractivity contribution is 0.270. The van der Waals surface area contributed by atoms with Crippen molar-refractivity contribution in [1.29, 1.82) is 0 Å². The van der Waals surface area contributed by atoms with Gasteiger partial charge in [0.25, 0.3) is 0 Å². The van der Waals surface area contributed by atoms with Crippen LogP contribution in [0.1, 0.15) is 11.3 Å². The number of aromatic nitrogens is 2. The fraction of sp³-hybridized carbons (Fsp3) is 0.250. The zero-order valence-corrected chi connectivity index (χ0v) is 8.81. The monoisotopic (exact) mass is 220 g/mol. The first-order valence-electron chi connectivity index (χ1n) is 5.14. The number of halogens is 1. The molecule has 0 amide bonds. The van der Waals surface area contributed by atoms with E-state index >= 15 is 0 Å². The van der Waals surface area contributed by atoms with Crippen molar-refractivity contribution in [1.82, 2.24) is 9.55 Å². The van der Waals surface area contributed by atoms with Gasteiger partial charge in [-0.1, -0.05) is 18.2 Å². The van der Waals surface area contributed by atoms with Crippen molar-refractivity contribution in [3.05, 3.63) is 53.9 Å². The molecule has 0 saturated carbocycles. The van der Waals surface area contributed by atoms with E-state index in [1.165, 1.54) is 6.07 Å². The predicted octanol–water partition coefficient (Wildman–Crippen LogP) is 1.76. The van der Waals surface area contributed by atoms with E-state index in [0.717, 1.165) is 5.69 Å². The second-order valence-corrected chi connectivity index (χ2v) is 3.58. The standard InChI is InChI=1S/C12H13FN2O/c13-12-4-2-1-3-10(12)5-6-15-9-14-7-11(15)8-16/h1-4,7,9,16H,5-6,8H2. The van der Waals surface area contributed by atoms with Gasteiger partial charge in [0.05, 0.1) is 24.8 Å². The molecule has 16 heavy (non-hydrogen) atoms. The van der Waals surface area contributed by atoms with Crippen LogP contribution in [0, 0.1) is 5.82 Å². The molecule has 0 unspecified atom stereocenters. The minimum absolute atomic E-state index is 0.0444. The van der Waals surface area contributed by atoms with Gasteiger partial charge in [0, 0.05) is 6.54 Å². The summed E-state index contributed by atoms with van der Waals surface area (Å²) in [6.07, 6.45) is 3.85. The van der Waals surface area contributed by atoms with Crippen LogP contribution in [0.3, 0.4) is 0 Å². The molecule has 0 bridgehead atoms. The third kappa shape index (κ3) is 2.28. The van der Waals surface area contributed by atoms with Crippen molar-refractivity contribution in [2.75, 3.05) is 0 Å². The number of aliphatic hydroxyl groups excluding tert-OH is 1. The fourth-order valence-electron chi connectivity index (χ4n) is 1.62. The minimum Gasteiger partial charge on any atom is -0.390 e. The molecule has 1 aromatic heterocycles. The summed E-state index contributed by atoms with van der Waals surface area (Å²) in [6, 6.07) is 6.72. The third-order valence-corrected chi connectivity index (χ3v) is 2.54. The second-order valence-electron chi connectivity index (χ2n) is 3.58. The maximum absolute atomic E-state index is 13.3. The number of nitrogens with zero attached hydrogens (tertiary/aromatic N) is 2. The van der Waals surface area contributed by atoms with Crippen molar-refractivity contribution in [3.8, 4) is 0 Å². The summed E-state index contributed by atoms with van der Waals surface area (Å²) in [5.41, 5.74) is 1.43. The molecule has 0 radical (unpaired) electrons. The lowest BCUT2D eigenvalue weighted by atomic mass is 10.1. The first-order chi connectivity index (χ1) is 7.81. The van der Waals surface area contributed by atoms with Crippen molar-refractivity contribution in [3.63, 3.8) is 0 Å². The Kier molecular flexibility index (Phi) is 3.31. The molecule has 1 N–H and O–H groups in total. The first-order valence-corrected chi connectivity index (χ1v) is 5.14. The maximum atomic E-state index is 13.3. The Balaban J connectivity index is 2.05. The van der Waals surface area contributed by atoms with Crippen LogP contribution in [0.25, 0.3) is 0 Å². The van der Waals surface area contributed by atoms with E-state index < -0.39 is 0 Å². The Morgan fingerprint density at radius 2 is 2.12 bits per heavy atom. The molecule has 1 aromatic carbocycles. The predicted molar refractivity (Wildman–Crippen MR) is 58.3 cm³/mol. The van der Waals surface area contributed by atoms with Gasteiger partial charge in [0.2, 0.25) is 0 Å². The zero-order chi connectivity index (χ0) is 11.4. The number of aliphatic hydroxyl groups is 1. The van der Waals surface area contributed by atoms with Gasteiger partial charge >= 0.3 is 0 Å². The Morgan fingerprint density at radius 3 is 2.88 bits per heavy atom. The van der Waals surface area contributed by atoms with Crippen LogP contribution in [0.5, 0.6) is 0 Å². The van der Waals surface area contributed by atoms with E-state index in [-0.39, 0.29) is 12.4 Å². The molecule has 0 aliphatic heterocycles. The molecule has 3 nitrogen and oxygen atoms in total. The molecular formula is C12H13FN2O. The summed E-state index contributed by atoms with van der Waals surface area (Å²) in [4.78, 5) is 3.94. The zero-order valence-electron chi connectivity index (χ0n) is 8.81. The lowest BCUT2D eigenvalue weighted by Crippen LogP contribution is -2.05. The molecule has 0 aliphatic rings. The average molecular weight is 220 g/mol. The van der Waals surface area contributed by atoms with Gasteiger partial charge in [0.1, 0.15) is 5.82 Å². The molecule has 0 saturated heterocycles. The summed E-state index contributed by atoms with van der Waals surface area (Å²) < 4.78 is 15.2. The minimum atomic E-state index is -0.187. The fourth-order valence-corrected chi connectivity index (χ4v) is 1.62. The number of hydrogen-bond acceptors (Lipinski definition) is 2. The van der Waals surface area contributed by atoms with Gasteiger partial charge < -0.3 is 9.67 Å². The van der Waals surface area contributed by atoms with Crippen LogP contribution in [-0.4, -0.2) is 14.7 Å². The molecule has 0 aliphatic carbocycles. The average Bonchev–Trinajstić information content (AvgIpc) is 2.75. The Bertz CT molecular complexity index is 468. The second kappa shape index (κ2) is 4.90. The number of hydrogen-bond donors (Lipinski definition) is 1. The number of imidazole rings is 1. The number of aryl methyl sites for hydroxylation is 2. The molecule has 4 heteroatoms.